The Labute approximate surface area is 130 Å². The van der Waals surface area contributed by atoms with Crippen LogP contribution >= 0.6 is 0 Å². The Morgan fingerprint density at radius 1 is 0.591 bits per heavy atom. The van der Waals surface area contributed by atoms with Gasteiger partial charge in [0.25, 0.3) is 0 Å². The average Bonchev–Trinajstić information content (AvgIpc) is 2.60. The lowest BCUT2D eigenvalue weighted by molar-refractivity contribution is 0.404. The molecular formula is C19H18O3. The van der Waals surface area contributed by atoms with Crippen LogP contribution in [0.3, 0.4) is 0 Å². The van der Waals surface area contributed by atoms with Crippen LogP contribution in [0.2, 0.25) is 0 Å². The molecule has 0 bridgehead atoms. The van der Waals surface area contributed by atoms with Gasteiger partial charge in [-0.05, 0) is 41.3 Å². The maximum atomic E-state index is 5.52. The first-order valence-electron chi connectivity index (χ1n) is 7.06. The molecular weight excluding hydrogens is 276 g/mol. The summed E-state index contributed by atoms with van der Waals surface area (Å²) in [6, 6.07) is 18.0. The summed E-state index contributed by atoms with van der Waals surface area (Å²) in [5.41, 5.74) is 2.09. The van der Waals surface area contributed by atoms with Crippen LogP contribution in [-0.4, -0.2) is 21.3 Å². The summed E-state index contributed by atoms with van der Waals surface area (Å²) in [5, 5.41) is 2.20. The van der Waals surface area contributed by atoms with Crippen molar-refractivity contribution in [1.29, 1.82) is 0 Å². The lowest BCUT2D eigenvalue weighted by atomic mass is 9.97. The Balaban J connectivity index is 2.31. The van der Waals surface area contributed by atoms with Gasteiger partial charge in [-0.15, -0.1) is 0 Å². The Hall–Kier alpha value is -2.68. The molecule has 0 N–H and O–H groups in total. The van der Waals surface area contributed by atoms with E-state index in [1.807, 2.05) is 36.4 Å². The number of benzene rings is 3. The van der Waals surface area contributed by atoms with Crippen LogP contribution in [0.25, 0.3) is 21.9 Å². The second-order valence-corrected chi connectivity index (χ2v) is 4.93. The first-order valence-corrected chi connectivity index (χ1v) is 7.06. The number of fused-ring (bicyclic) bond motifs is 1. The summed E-state index contributed by atoms with van der Waals surface area (Å²) >= 11 is 0. The van der Waals surface area contributed by atoms with Crippen LogP contribution in [0.15, 0.2) is 54.6 Å². The monoisotopic (exact) mass is 294 g/mol. The lowest BCUT2D eigenvalue weighted by Gasteiger charge is -2.14. The van der Waals surface area contributed by atoms with Crippen LogP contribution in [-0.2, 0) is 0 Å². The first-order chi connectivity index (χ1) is 10.8. The van der Waals surface area contributed by atoms with Gasteiger partial charge in [0.05, 0.1) is 21.3 Å². The van der Waals surface area contributed by atoms with E-state index in [9.17, 15) is 0 Å². The minimum Gasteiger partial charge on any atom is -0.497 e. The van der Waals surface area contributed by atoms with Crippen molar-refractivity contribution >= 4 is 10.8 Å². The number of hydrogen-bond acceptors (Lipinski definition) is 3. The molecule has 3 aromatic rings. The molecule has 112 valence electrons. The molecule has 0 aliphatic rings. The molecule has 0 saturated carbocycles. The number of hydrogen-bond donors (Lipinski definition) is 0. The third-order valence-electron chi connectivity index (χ3n) is 3.80. The van der Waals surface area contributed by atoms with Crippen LogP contribution in [0.1, 0.15) is 0 Å². The van der Waals surface area contributed by atoms with Crippen LogP contribution < -0.4 is 14.2 Å². The SMILES string of the molecule is COc1ccc(OC)c(-c2ccc(OC)c3ccccc23)c1. The highest BCUT2D eigenvalue weighted by Gasteiger charge is 2.12. The topological polar surface area (TPSA) is 27.7 Å². The molecule has 3 aromatic carbocycles. The molecule has 0 aliphatic carbocycles. The predicted molar refractivity (Wildman–Crippen MR) is 89.0 cm³/mol. The van der Waals surface area contributed by atoms with Crippen LogP contribution in [0.5, 0.6) is 17.2 Å². The Kier molecular flexibility index (Phi) is 3.88. The van der Waals surface area contributed by atoms with Gasteiger partial charge < -0.3 is 14.2 Å². The van der Waals surface area contributed by atoms with Crippen molar-refractivity contribution in [2.24, 2.45) is 0 Å². The van der Waals surface area contributed by atoms with Gasteiger partial charge in [-0.3, -0.25) is 0 Å². The maximum absolute atomic E-state index is 5.52. The third kappa shape index (κ3) is 2.35. The summed E-state index contributed by atoms with van der Waals surface area (Å²) < 4.78 is 16.3. The van der Waals surface area contributed by atoms with Crippen molar-refractivity contribution in [3.63, 3.8) is 0 Å². The van der Waals surface area contributed by atoms with E-state index in [4.69, 9.17) is 14.2 Å². The van der Waals surface area contributed by atoms with Crippen molar-refractivity contribution in [3.8, 4) is 28.4 Å². The summed E-state index contributed by atoms with van der Waals surface area (Å²) in [7, 11) is 5.03. The molecule has 0 amide bonds. The van der Waals surface area contributed by atoms with Crippen molar-refractivity contribution in [2.45, 2.75) is 0 Å². The maximum Gasteiger partial charge on any atom is 0.126 e. The van der Waals surface area contributed by atoms with Gasteiger partial charge in [0, 0.05) is 10.9 Å². The normalized spacial score (nSPS) is 10.5. The van der Waals surface area contributed by atoms with E-state index in [1.165, 1.54) is 0 Å². The van der Waals surface area contributed by atoms with Crippen molar-refractivity contribution < 1.29 is 14.2 Å². The van der Waals surface area contributed by atoms with Gasteiger partial charge in [0.15, 0.2) is 0 Å². The van der Waals surface area contributed by atoms with Gasteiger partial charge >= 0.3 is 0 Å². The van der Waals surface area contributed by atoms with Gasteiger partial charge in [-0.25, -0.2) is 0 Å². The second kappa shape index (κ2) is 5.98. The van der Waals surface area contributed by atoms with Gasteiger partial charge in [0.1, 0.15) is 17.2 Å². The summed E-state index contributed by atoms with van der Waals surface area (Å²) in [6.07, 6.45) is 0. The van der Waals surface area contributed by atoms with E-state index < -0.39 is 0 Å². The standard InChI is InChI=1S/C19H18O3/c1-20-13-8-10-19(22-3)17(12-13)15-9-11-18(21-2)16-7-5-4-6-14(15)16/h4-12H,1-3H3. The molecule has 0 radical (unpaired) electrons. The van der Waals surface area contributed by atoms with Crippen molar-refractivity contribution in [3.05, 3.63) is 54.6 Å². The molecule has 0 saturated heterocycles. The zero-order valence-corrected chi connectivity index (χ0v) is 12.9. The number of methoxy groups -OCH3 is 3. The molecule has 3 nitrogen and oxygen atoms in total. The number of ether oxygens (including phenoxy) is 3. The van der Waals surface area contributed by atoms with Crippen LogP contribution in [0, 0.1) is 0 Å². The van der Waals surface area contributed by atoms with Gasteiger partial charge in [-0.1, -0.05) is 24.3 Å². The summed E-state index contributed by atoms with van der Waals surface area (Å²) in [5.74, 6) is 2.48. The van der Waals surface area contributed by atoms with E-state index in [0.29, 0.717) is 0 Å². The molecule has 0 aromatic heterocycles. The summed E-state index contributed by atoms with van der Waals surface area (Å²) in [6.45, 7) is 0. The molecule has 0 aliphatic heterocycles. The highest BCUT2D eigenvalue weighted by atomic mass is 16.5. The molecule has 0 unspecified atom stereocenters. The summed E-state index contributed by atoms with van der Waals surface area (Å²) in [4.78, 5) is 0. The highest BCUT2D eigenvalue weighted by Crippen LogP contribution is 2.39. The zero-order valence-electron chi connectivity index (χ0n) is 12.9. The first kappa shape index (κ1) is 14.3. The fourth-order valence-electron chi connectivity index (χ4n) is 2.71. The van der Waals surface area contributed by atoms with E-state index in [-0.39, 0.29) is 0 Å². The Morgan fingerprint density at radius 3 is 1.95 bits per heavy atom. The minimum atomic E-state index is 0.802. The third-order valence-corrected chi connectivity index (χ3v) is 3.80. The van der Waals surface area contributed by atoms with Crippen molar-refractivity contribution in [1.82, 2.24) is 0 Å². The quantitative estimate of drug-likeness (QED) is 0.707. The molecule has 0 fully saturated rings. The van der Waals surface area contributed by atoms with Crippen LogP contribution in [0.4, 0.5) is 0 Å². The molecule has 22 heavy (non-hydrogen) atoms. The van der Waals surface area contributed by atoms with E-state index in [1.54, 1.807) is 21.3 Å². The largest absolute Gasteiger partial charge is 0.497 e. The number of rotatable bonds is 4. The molecule has 0 spiro atoms. The predicted octanol–water partition coefficient (Wildman–Crippen LogP) is 4.53. The fraction of sp³-hybridized carbons (Fsp3) is 0.158. The highest BCUT2D eigenvalue weighted by molar-refractivity contribution is 6.01. The minimum absolute atomic E-state index is 0.802. The lowest BCUT2D eigenvalue weighted by Crippen LogP contribution is -1.92. The smallest absolute Gasteiger partial charge is 0.126 e. The van der Waals surface area contributed by atoms with Gasteiger partial charge in [-0.2, -0.15) is 0 Å². The van der Waals surface area contributed by atoms with E-state index in [2.05, 4.69) is 18.2 Å². The fourth-order valence-corrected chi connectivity index (χ4v) is 2.71. The molecule has 0 heterocycles. The van der Waals surface area contributed by atoms with E-state index >= 15 is 0 Å². The zero-order chi connectivity index (χ0) is 15.5. The van der Waals surface area contributed by atoms with Gasteiger partial charge in [0.2, 0.25) is 0 Å². The van der Waals surface area contributed by atoms with Crippen molar-refractivity contribution in [2.75, 3.05) is 21.3 Å². The molecule has 3 heteroatoms. The second-order valence-electron chi connectivity index (χ2n) is 4.93. The van der Waals surface area contributed by atoms with E-state index in [0.717, 1.165) is 39.1 Å². The average molecular weight is 294 g/mol. The Morgan fingerprint density at radius 2 is 1.27 bits per heavy atom. The molecule has 3 rings (SSSR count). The Bertz CT molecular complexity index is 809. The molecule has 0 atom stereocenters.